The zero-order valence-corrected chi connectivity index (χ0v) is 25.8. The van der Waals surface area contributed by atoms with Crippen LogP contribution in [0.4, 0.5) is 0 Å². The minimum Gasteiger partial charge on any atom is -0.478 e. The lowest BCUT2D eigenvalue weighted by Gasteiger charge is -2.26. The third-order valence-electron chi connectivity index (χ3n) is 7.07. The molecule has 0 bridgehead atoms. The molecule has 0 radical (unpaired) electrons. The molecule has 0 fully saturated rings. The highest BCUT2D eigenvalue weighted by atomic mass is 32.1. The predicted octanol–water partition coefficient (Wildman–Crippen LogP) is 9.14. The van der Waals surface area contributed by atoms with Crippen molar-refractivity contribution < 1.29 is 29.0 Å². The summed E-state index contributed by atoms with van der Waals surface area (Å²) in [6.07, 6.45) is 24.0. The fourth-order valence-electron chi connectivity index (χ4n) is 4.62. The van der Waals surface area contributed by atoms with Gasteiger partial charge in [0.25, 0.3) is 5.34 Å². The summed E-state index contributed by atoms with van der Waals surface area (Å²) in [6, 6.07) is 0. The van der Waals surface area contributed by atoms with Crippen molar-refractivity contribution in [3.05, 3.63) is 0 Å². The van der Waals surface area contributed by atoms with Gasteiger partial charge in [0, 0.05) is 0 Å². The van der Waals surface area contributed by atoms with E-state index in [2.05, 4.69) is 26.5 Å². The number of thiol groups is 1. The first kappa shape index (κ1) is 36.8. The van der Waals surface area contributed by atoms with Gasteiger partial charge in [-0.3, -0.25) is 4.57 Å². The Hall–Kier alpha value is -0.200. The molecule has 0 aromatic rings. The summed E-state index contributed by atoms with van der Waals surface area (Å²) < 4.78 is 22.5. The topological polar surface area (TPSA) is 93.1 Å². The van der Waals surface area contributed by atoms with Gasteiger partial charge in [0.15, 0.2) is 6.29 Å². The summed E-state index contributed by atoms with van der Waals surface area (Å²) in [4.78, 5) is 11.1. The van der Waals surface area contributed by atoms with E-state index in [1.165, 1.54) is 116 Å². The first-order chi connectivity index (χ1) is 17.8. The third-order valence-corrected chi connectivity index (χ3v) is 8.03. The monoisotopic (exact) mass is 564 g/mol. The lowest BCUT2D eigenvalue weighted by atomic mass is 9.91. The molecule has 6 nitrogen and oxygen atoms in total. The molecule has 0 aromatic carbocycles. The summed E-state index contributed by atoms with van der Waals surface area (Å²) in [6.45, 7) is 5.75. The molecule has 0 aliphatic heterocycles. The Balaban J connectivity index is 4.51. The number of unbranched alkanes of at least 4 members (excludes halogenated alkanes) is 14. The molecule has 0 saturated carbocycles. The van der Waals surface area contributed by atoms with Gasteiger partial charge in [0.2, 0.25) is 8.46 Å². The van der Waals surface area contributed by atoms with Gasteiger partial charge in [0.1, 0.15) is 12.0 Å². The van der Waals surface area contributed by atoms with Crippen LogP contribution in [0.3, 0.4) is 0 Å². The second-order valence-corrected chi connectivity index (χ2v) is 12.1. The average Bonchev–Trinajstić information content (AvgIpc) is 2.88. The third kappa shape index (κ3) is 20.4. The van der Waals surface area contributed by atoms with E-state index in [4.69, 9.17) is 14.6 Å². The fraction of sp³-hybridized carbons (Fsp3) is 0.966. The van der Waals surface area contributed by atoms with Gasteiger partial charge in [-0.15, -0.1) is 12.6 Å². The average molecular weight is 565 g/mol. The van der Waals surface area contributed by atoms with Crippen molar-refractivity contribution in [2.75, 3.05) is 6.61 Å². The highest BCUT2D eigenvalue weighted by Gasteiger charge is 2.39. The molecule has 220 valence electrons. The van der Waals surface area contributed by atoms with Crippen LogP contribution in [-0.4, -0.2) is 39.9 Å². The van der Waals surface area contributed by atoms with Gasteiger partial charge in [-0.2, -0.15) is 0 Å². The minimum atomic E-state index is -2.46. The number of carbonyl (C=O) groups is 1. The molecular weight excluding hydrogens is 507 g/mol. The van der Waals surface area contributed by atoms with Crippen molar-refractivity contribution in [2.24, 2.45) is 5.92 Å². The van der Waals surface area contributed by atoms with Crippen LogP contribution in [0.15, 0.2) is 0 Å². The molecule has 4 atom stereocenters. The Bertz CT molecular complexity index is 552. The van der Waals surface area contributed by atoms with Crippen molar-refractivity contribution in [2.45, 2.75) is 166 Å². The number of carboxylic acids is 1. The van der Waals surface area contributed by atoms with Gasteiger partial charge < -0.3 is 19.7 Å². The maximum absolute atomic E-state index is 11.1. The molecule has 0 saturated heterocycles. The maximum Gasteiger partial charge on any atom is 0.350 e. The van der Waals surface area contributed by atoms with Crippen LogP contribution in [0.1, 0.15) is 149 Å². The summed E-state index contributed by atoms with van der Waals surface area (Å²) in [5.41, 5.74) is -0.333. The number of hydrogen-bond donors (Lipinski definition) is 3. The molecule has 0 amide bonds. The number of carboxylic acid groups (broad SMARTS) is 1. The number of rotatable bonds is 28. The van der Waals surface area contributed by atoms with Gasteiger partial charge in [0.05, 0.1) is 0 Å². The number of aliphatic carboxylic acids is 1. The second kappa shape index (κ2) is 24.8. The molecule has 0 spiro atoms. The zero-order chi connectivity index (χ0) is 27.8. The maximum atomic E-state index is 11.1. The smallest absolute Gasteiger partial charge is 0.350 e. The molecule has 0 rings (SSSR count). The van der Waals surface area contributed by atoms with Crippen LogP contribution in [-0.2, 0) is 18.8 Å². The van der Waals surface area contributed by atoms with Crippen LogP contribution in [0.2, 0.25) is 0 Å². The van der Waals surface area contributed by atoms with E-state index in [0.717, 1.165) is 6.42 Å². The Morgan fingerprint density at radius 3 is 1.62 bits per heavy atom. The Morgan fingerprint density at radius 2 is 1.24 bits per heavy atom. The number of aliphatic hydroxyl groups is 1. The molecule has 2 N–H and O–H groups in total. The SMILES string of the molecule is CCCCCCCCCCCCC(CCCCCCCC)CC(S)OC(CC)OCC(O)(P=O)C(=O)O. The van der Waals surface area contributed by atoms with E-state index in [-0.39, 0.29) is 5.44 Å². The van der Waals surface area contributed by atoms with E-state index in [1.807, 2.05) is 6.92 Å². The Morgan fingerprint density at radius 1 is 0.811 bits per heavy atom. The standard InChI is InChI=1S/C29H57O6PS/c1-4-7-9-11-13-14-15-16-18-20-22-25(21-19-17-12-10-8-5-2)23-27(37)35-26(6-3)34-24-29(32,36-33)28(30)31/h25-27,32,37H,4-24H2,1-3H3,(H,30,31). The van der Waals surface area contributed by atoms with Crippen LogP contribution in [0.25, 0.3) is 0 Å². The van der Waals surface area contributed by atoms with E-state index in [9.17, 15) is 14.5 Å². The van der Waals surface area contributed by atoms with Crippen LogP contribution in [0.5, 0.6) is 0 Å². The molecule has 37 heavy (non-hydrogen) atoms. The Labute approximate surface area is 234 Å². The molecule has 0 heterocycles. The van der Waals surface area contributed by atoms with Crippen molar-refractivity contribution in [3.63, 3.8) is 0 Å². The number of ether oxygens (including phenoxy) is 2. The normalized spacial score (nSPS) is 15.9. The lowest BCUT2D eigenvalue weighted by Crippen LogP contribution is -2.39. The van der Waals surface area contributed by atoms with Crippen molar-refractivity contribution >= 4 is 27.1 Å². The number of hydrogen-bond acceptors (Lipinski definition) is 6. The second-order valence-electron chi connectivity index (χ2n) is 10.6. The van der Waals surface area contributed by atoms with Crippen molar-refractivity contribution in [1.29, 1.82) is 0 Å². The highest BCUT2D eigenvalue weighted by Crippen LogP contribution is 2.27. The van der Waals surface area contributed by atoms with Crippen LogP contribution >= 0.6 is 21.1 Å². The van der Waals surface area contributed by atoms with E-state index < -0.39 is 32.7 Å². The van der Waals surface area contributed by atoms with Gasteiger partial charge >= 0.3 is 5.97 Å². The van der Waals surface area contributed by atoms with E-state index >= 15 is 0 Å². The largest absolute Gasteiger partial charge is 0.478 e. The Kier molecular flexibility index (Phi) is 24.7. The lowest BCUT2D eigenvalue weighted by molar-refractivity contribution is -0.183. The van der Waals surface area contributed by atoms with Gasteiger partial charge in [-0.05, 0) is 18.8 Å². The van der Waals surface area contributed by atoms with E-state index in [0.29, 0.717) is 12.3 Å². The van der Waals surface area contributed by atoms with Gasteiger partial charge in [-0.25, -0.2) is 4.79 Å². The molecule has 0 aliphatic carbocycles. The summed E-state index contributed by atoms with van der Waals surface area (Å²) >= 11 is 4.66. The fourth-order valence-corrected chi connectivity index (χ4v) is 5.26. The van der Waals surface area contributed by atoms with E-state index in [1.54, 1.807) is 0 Å². The molecule has 4 unspecified atom stereocenters. The quantitative estimate of drug-likeness (QED) is 0.0380. The summed E-state index contributed by atoms with van der Waals surface area (Å²) in [7, 11) is -0.908. The van der Waals surface area contributed by atoms with Crippen molar-refractivity contribution in [1.82, 2.24) is 0 Å². The first-order valence-electron chi connectivity index (χ1n) is 15.1. The highest BCUT2D eigenvalue weighted by molar-refractivity contribution is 7.80. The molecular formula is C29H57O6PS. The van der Waals surface area contributed by atoms with Crippen LogP contribution < -0.4 is 0 Å². The van der Waals surface area contributed by atoms with Gasteiger partial charge in [-0.1, -0.05) is 136 Å². The molecule has 8 heteroatoms. The zero-order valence-electron chi connectivity index (χ0n) is 24.0. The first-order valence-corrected chi connectivity index (χ1v) is 16.4. The minimum absolute atomic E-state index is 0.333. The van der Waals surface area contributed by atoms with Crippen molar-refractivity contribution in [3.8, 4) is 0 Å². The van der Waals surface area contributed by atoms with Crippen LogP contribution in [0, 0.1) is 5.92 Å². The molecule has 0 aromatic heterocycles. The summed E-state index contributed by atoms with van der Waals surface area (Å²) in [5.74, 6) is -1.05. The summed E-state index contributed by atoms with van der Waals surface area (Å²) in [5, 5.41) is 16.5. The molecule has 0 aliphatic rings. The predicted molar refractivity (Wildman–Crippen MR) is 157 cm³/mol.